The normalized spacial score (nSPS) is 17.2. The maximum absolute atomic E-state index is 6.42. The highest BCUT2D eigenvalue weighted by Crippen LogP contribution is 2.33. The van der Waals surface area contributed by atoms with Gasteiger partial charge in [0.05, 0.1) is 0 Å². The number of rotatable bonds is 4. The smallest absolute Gasteiger partial charge is 0.0446 e. The van der Waals surface area contributed by atoms with Gasteiger partial charge in [-0.1, -0.05) is 36.4 Å². The third kappa shape index (κ3) is 2.33. The zero-order valence-corrected chi connectivity index (χ0v) is 11.6. The minimum atomic E-state index is 0.0347. The van der Waals surface area contributed by atoms with Crippen LogP contribution in [0.15, 0.2) is 42.5 Å². The van der Waals surface area contributed by atoms with Crippen molar-refractivity contribution in [3.05, 3.63) is 42.5 Å². The van der Waals surface area contributed by atoms with Crippen LogP contribution in [-0.4, -0.2) is 18.6 Å². The first-order valence-electron chi connectivity index (χ1n) is 7.23. The molecule has 1 aliphatic rings. The van der Waals surface area contributed by atoms with E-state index in [4.69, 9.17) is 5.73 Å². The van der Waals surface area contributed by atoms with E-state index in [1.807, 2.05) is 0 Å². The molecule has 0 aliphatic heterocycles. The Labute approximate surface area is 115 Å². The molecule has 0 heterocycles. The highest BCUT2D eigenvalue weighted by Gasteiger charge is 2.34. The lowest BCUT2D eigenvalue weighted by atomic mass is 9.77. The molecule has 2 heteroatoms. The molecule has 1 saturated carbocycles. The van der Waals surface area contributed by atoms with Gasteiger partial charge in [0, 0.05) is 29.7 Å². The topological polar surface area (TPSA) is 29.3 Å². The Morgan fingerprint density at radius 3 is 2.53 bits per heavy atom. The largest absolute Gasteiger partial charge is 0.369 e. The zero-order valence-electron chi connectivity index (χ0n) is 11.6. The number of nitrogens with two attached hydrogens (primary N) is 1. The first-order chi connectivity index (χ1) is 9.22. The number of fused-ring (bicyclic) bond motifs is 1. The summed E-state index contributed by atoms with van der Waals surface area (Å²) in [7, 11) is 0. The Balaban J connectivity index is 1.96. The van der Waals surface area contributed by atoms with Crippen LogP contribution in [0.4, 0.5) is 5.69 Å². The van der Waals surface area contributed by atoms with E-state index in [1.165, 1.54) is 22.9 Å². The number of anilines is 1. The Morgan fingerprint density at radius 1 is 1.11 bits per heavy atom. The van der Waals surface area contributed by atoms with Crippen molar-refractivity contribution >= 4 is 16.5 Å². The van der Waals surface area contributed by atoms with Gasteiger partial charge in [0.1, 0.15) is 0 Å². The maximum atomic E-state index is 6.42. The Hall–Kier alpha value is -1.54. The summed E-state index contributed by atoms with van der Waals surface area (Å²) in [5.41, 5.74) is 7.77. The fourth-order valence-corrected chi connectivity index (χ4v) is 3.02. The Morgan fingerprint density at radius 2 is 1.84 bits per heavy atom. The highest BCUT2D eigenvalue weighted by molar-refractivity contribution is 5.94. The van der Waals surface area contributed by atoms with Crippen LogP contribution in [0.5, 0.6) is 0 Å². The van der Waals surface area contributed by atoms with Crippen molar-refractivity contribution in [2.24, 2.45) is 5.73 Å². The van der Waals surface area contributed by atoms with E-state index in [2.05, 4.69) is 54.3 Å². The van der Waals surface area contributed by atoms with E-state index in [0.29, 0.717) is 0 Å². The van der Waals surface area contributed by atoms with Gasteiger partial charge in [-0.2, -0.15) is 0 Å². The average Bonchev–Trinajstić information content (AvgIpc) is 2.42. The molecule has 2 aromatic rings. The van der Waals surface area contributed by atoms with Crippen LogP contribution in [0, 0.1) is 0 Å². The second-order valence-corrected chi connectivity index (χ2v) is 5.73. The molecule has 0 aromatic heterocycles. The van der Waals surface area contributed by atoms with Gasteiger partial charge in [-0.05, 0) is 37.6 Å². The van der Waals surface area contributed by atoms with Crippen molar-refractivity contribution in [1.82, 2.24) is 0 Å². The molecule has 2 N–H and O–H groups in total. The molecular formula is C17H22N2. The number of benzene rings is 2. The molecule has 0 spiro atoms. The van der Waals surface area contributed by atoms with Crippen LogP contribution < -0.4 is 10.6 Å². The van der Waals surface area contributed by atoms with Crippen molar-refractivity contribution in [1.29, 1.82) is 0 Å². The Kier molecular flexibility index (Phi) is 3.19. The van der Waals surface area contributed by atoms with Crippen molar-refractivity contribution in [3.63, 3.8) is 0 Å². The molecule has 1 aliphatic carbocycles. The van der Waals surface area contributed by atoms with Crippen molar-refractivity contribution < 1.29 is 0 Å². The molecule has 2 nitrogen and oxygen atoms in total. The summed E-state index contributed by atoms with van der Waals surface area (Å²) >= 11 is 0. The lowest BCUT2D eigenvalue weighted by Crippen LogP contribution is -2.55. The Bertz CT molecular complexity index is 567. The quantitative estimate of drug-likeness (QED) is 0.904. The summed E-state index contributed by atoms with van der Waals surface area (Å²) in [5.74, 6) is 0. The van der Waals surface area contributed by atoms with E-state index in [-0.39, 0.29) is 5.54 Å². The van der Waals surface area contributed by atoms with Crippen LogP contribution in [0.1, 0.15) is 26.2 Å². The summed E-state index contributed by atoms with van der Waals surface area (Å²) < 4.78 is 0. The maximum Gasteiger partial charge on any atom is 0.0446 e. The molecule has 0 atom stereocenters. The van der Waals surface area contributed by atoms with Crippen molar-refractivity contribution in [2.45, 2.75) is 31.7 Å². The van der Waals surface area contributed by atoms with E-state index in [0.717, 1.165) is 25.9 Å². The summed E-state index contributed by atoms with van der Waals surface area (Å²) in [5, 5.41) is 2.63. The van der Waals surface area contributed by atoms with Crippen LogP contribution in [-0.2, 0) is 0 Å². The third-order valence-corrected chi connectivity index (χ3v) is 4.34. The highest BCUT2D eigenvalue weighted by atomic mass is 15.2. The number of hydrogen-bond donors (Lipinski definition) is 1. The second kappa shape index (κ2) is 4.86. The lowest BCUT2D eigenvalue weighted by molar-refractivity contribution is 0.253. The average molecular weight is 254 g/mol. The minimum absolute atomic E-state index is 0.0347. The molecule has 0 bridgehead atoms. The van der Waals surface area contributed by atoms with Crippen LogP contribution in [0.25, 0.3) is 10.8 Å². The SMILES string of the molecule is CCN(CC1(N)CCC1)c1cccc2ccccc12. The number of likely N-dealkylation sites (N-methyl/N-ethyl adjacent to an activating group) is 1. The summed E-state index contributed by atoms with van der Waals surface area (Å²) in [6, 6.07) is 15.1. The van der Waals surface area contributed by atoms with Gasteiger partial charge in [-0.15, -0.1) is 0 Å². The summed E-state index contributed by atoms with van der Waals surface area (Å²) in [6.45, 7) is 4.19. The van der Waals surface area contributed by atoms with Crippen molar-refractivity contribution in [3.8, 4) is 0 Å². The van der Waals surface area contributed by atoms with Gasteiger partial charge >= 0.3 is 0 Å². The van der Waals surface area contributed by atoms with Gasteiger partial charge in [0.25, 0.3) is 0 Å². The van der Waals surface area contributed by atoms with E-state index >= 15 is 0 Å². The summed E-state index contributed by atoms with van der Waals surface area (Å²) in [6.07, 6.45) is 3.60. The molecule has 1 fully saturated rings. The zero-order chi connectivity index (χ0) is 13.3. The fraction of sp³-hybridized carbons (Fsp3) is 0.412. The van der Waals surface area contributed by atoms with Crippen molar-refractivity contribution in [2.75, 3.05) is 18.0 Å². The first-order valence-corrected chi connectivity index (χ1v) is 7.23. The molecule has 2 aromatic carbocycles. The second-order valence-electron chi connectivity index (χ2n) is 5.73. The lowest BCUT2D eigenvalue weighted by Gasteiger charge is -2.42. The van der Waals surface area contributed by atoms with Crippen LogP contribution in [0.2, 0.25) is 0 Å². The van der Waals surface area contributed by atoms with Gasteiger partial charge in [-0.3, -0.25) is 0 Å². The van der Waals surface area contributed by atoms with Gasteiger partial charge in [-0.25, -0.2) is 0 Å². The van der Waals surface area contributed by atoms with Gasteiger partial charge < -0.3 is 10.6 Å². The molecular weight excluding hydrogens is 232 g/mol. The van der Waals surface area contributed by atoms with Gasteiger partial charge in [0.15, 0.2) is 0 Å². The van der Waals surface area contributed by atoms with E-state index in [1.54, 1.807) is 0 Å². The summed E-state index contributed by atoms with van der Waals surface area (Å²) in [4.78, 5) is 2.43. The van der Waals surface area contributed by atoms with E-state index < -0.39 is 0 Å². The van der Waals surface area contributed by atoms with Crippen LogP contribution >= 0.6 is 0 Å². The van der Waals surface area contributed by atoms with Gasteiger partial charge in [0.2, 0.25) is 0 Å². The number of nitrogens with zero attached hydrogens (tertiary/aromatic N) is 1. The molecule has 0 radical (unpaired) electrons. The van der Waals surface area contributed by atoms with E-state index in [9.17, 15) is 0 Å². The molecule has 19 heavy (non-hydrogen) atoms. The monoisotopic (exact) mass is 254 g/mol. The standard InChI is InChI=1S/C17H22N2/c1-2-19(13-17(18)11-6-12-17)16-10-5-8-14-7-3-4-9-15(14)16/h3-5,7-10H,2,6,11-13,18H2,1H3. The third-order valence-electron chi connectivity index (χ3n) is 4.34. The molecule has 100 valence electrons. The molecule has 3 rings (SSSR count). The molecule has 0 unspecified atom stereocenters. The minimum Gasteiger partial charge on any atom is -0.369 e. The van der Waals surface area contributed by atoms with Crippen LogP contribution in [0.3, 0.4) is 0 Å². The molecule has 0 amide bonds. The first kappa shape index (κ1) is 12.5. The predicted octanol–water partition coefficient (Wildman–Crippen LogP) is 3.55. The predicted molar refractivity (Wildman–Crippen MR) is 82.6 cm³/mol. The number of hydrogen-bond acceptors (Lipinski definition) is 2. The fourth-order valence-electron chi connectivity index (χ4n) is 3.02. The molecule has 0 saturated heterocycles.